The Balaban J connectivity index is 1.11. The molecule has 11 rings (SSSR count). The van der Waals surface area contributed by atoms with E-state index in [1.807, 2.05) is 0 Å². The fourth-order valence-electron chi connectivity index (χ4n) is 8.68. The predicted octanol–water partition coefficient (Wildman–Crippen LogP) is 16.0. The summed E-state index contributed by atoms with van der Waals surface area (Å²) in [4.78, 5) is 2.40. The van der Waals surface area contributed by atoms with Gasteiger partial charge >= 0.3 is 0 Å². The molecule has 272 valence electrons. The van der Waals surface area contributed by atoms with Crippen LogP contribution in [0.3, 0.4) is 0 Å². The number of hydrogen-bond acceptors (Lipinski definition) is 2. The Bertz CT molecular complexity index is 3260. The number of anilines is 3. The molecule has 2 nitrogen and oxygen atoms in total. The zero-order valence-electron chi connectivity index (χ0n) is 31.7. The maximum Gasteiger partial charge on any atom is 0.145 e. The van der Waals surface area contributed by atoms with Crippen molar-refractivity contribution in [1.82, 2.24) is 0 Å². The van der Waals surface area contributed by atoms with Crippen LogP contribution >= 0.6 is 0 Å². The van der Waals surface area contributed by atoms with Gasteiger partial charge in [-0.15, -0.1) is 0 Å². The molecule has 0 N–H and O–H groups in total. The van der Waals surface area contributed by atoms with E-state index < -0.39 is 0 Å². The van der Waals surface area contributed by atoms with Crippen molar-refractivity contribution in [3.8, 4) is 44.5 Å². The van der Waals surface area contributed by atoms with Crippen LogP contribution in [0, 0.1) is 0 Å². The number of para-hydroxylation sites is 1. The van der Waals surface area contributed by atoms with Gasteiger partial charge in [-0.2, -0.15) is 0 Å². The van der Waals surface area contributed by atoms with Crippen molar-refractivity contribution in [3.05, 3.63) is 224 Å². The summed E-state index contributed by atoms with van der Waals surface area (Å²) in [5, 5.41) is 7.03. The first-order chi connectivity index (χ1) is 28.8. The molecule has 10 aromatic carbocycles. The quantitative estimate of drug-likeness (QED) is 0.162. The lowest BCUT2D eigenvalue weighted by Crippen LogP contribution is -2.10. The zero-order chi connectivity index (χ0) is 38.4. The molecule has 1 heterocycles. The van der Waals surface area contributed by atoms with Gasteiger partial charge < -0.3 is 9.32 Å². The van der Waals surface area contributed by atoms with Crippen LogP contribution in [-0.2, 0) is 0 Å². The average Bonchev–Trinajstić information content (AvgIpc) is 3.70. The van der Waals surface area contributed by atoms with Gasteiger partial charge in [0.05, 0.1) is 11.1 Å². The number of furan rings is 1. The van der Waals surface area contributed by atoms with Gasteiger partial charge in [-0.1, -0.05) is 182 Å². The molecular weight excluding hydrogens is 703 g/mol. The second-order valence-electron chi connectivity index (χ2n) is 14.9. The van der Waals surface area contributed by atoms with Crippen molar-refractivity contribution in [2.45, 2.75) is 0 Å². The minimum atomic E-state index is 0.866. The Morgan fingerprint density at radius 1 is 0.310 bits per heavy atom. The largest absolute Gasteiger partial charge is 0.455 e. The minimum Gasteiger partial charge on any atom is -0.455 e. The third-order valence-corrected chi connectivity index (χ3v) is 11.5. The van der Waals surface area contributed by atoms with E-state index in [0.29, 0.717) is 0 Å². The summed E-state index contributed by atoms with van der Waals surface area (Å²) in [6, 6.07) is 80.6. The van der Waals surface area contributed by atoms with Gasteiger partial charge in [-0.3, -0.25) is 0 Å². The van der Waals surface area contributed by atoms with Crippen LogP contribution in [0.4, 0.5) is 17.1 Å². The monoisotopic (exact) mass is 739 g/mol. The molecule has 0 atom stereocenters. The van der Waals surface area contributed by atoms with Crippen LogP contribution in [0.15, 0.2) is 229 Å². The second-order valence-corrected chi connectivity index (χ2v) is 14.9. The van der Waals surface area contributed by atoms with E-state index in [2.05, 4.69) is 229 Å². The third-order valence-electron chi connectivity index (χ3n) is 11.5. The van der Waals surface area contributed by atoms with Crippen LogP contribution < -0.4 is 4.90 Å². The van der Waals surface area contributed by atoms with Crippen LogP contribution in [-0.4, -0.2) is 0 Å². The Labute approximate surface area is 337 Å². The average molecular weight is 740 g/mol. The molecule has 0 saturated carbocycles. The molecule has 0 aliphatic heterocycles. The van der Waals surface area contributed by atoms with Gasteiger partial charge in [-0.05, 0) is 103 Å². The summed E-state index contributed by atoms with van der Waals surface area (Å²) < 4.78 is 6.88. The molecule has 0 amide bonds. The molecule has 0 fully saturated rings. The number of rotatable bonds is 7. The molecular formula is C56H37NO. The van der Waals surface area contributed by atoms with E-state index in [1.54, 1.807) is 0 Å². The van der Waals surface area contributed by atoms with Gasteiger partial charge in [0.15, 0.2) is 0 Å². The van der Waals surface area contributed by atoms with Gasteiger partial charge in [0.2, 0.25) is 0 Å². The van der Waals surface area contributed by atoms with E-state index in [1.165, 1.54) is 43.8 Å². The third kappa shape index (κ3) is 5.82. The first-order valence-electron chi connectivity index (χ1n) is 19.8. The van der Waals surface area contributed by atoms with E-state index in [4.69, 9.17) is 4.42 Å². The van der Waals surface area contributed by atoms with Gasteiger partial charge in [0.25, 0.3) is 0 Å². The summed E-state index contributed by atoms with van der Waals surface area (Å²) in [5.41, 5.74) is 14.3. The van der Waals surface area contributed by atoms with Crippen molar-refractivity contribution in [2.24, 2.45) is 0 Å². The SMILES string of the molecule is c1ccc(-c2ccc(-c3ccc(N(c4cccc(-c5cccc6ccccc56)c4)c4ccc(-c5cccc6ccccc56)c5oc6ccccc6c45)cc3)cc2)cc1. The highest BCUT2D eigenvalue weighted by atomic mass is 16.3. The first-order valence-corrected chi connectivity index (χ1v) is 19.8. The first kappa shape index (κ1) is 33.6. The molecule has 0 radical (unpaired) electrons. The smallest absolute Gasteiger partial charge is 0.145 e. The van der Waals surface area contributed by atoms with Crippen molar-refractivity contribution < 1.29 is 4.42 Å². The highest BCUT2D eigenvalue weighted by molar-refractivity contribution is 6.18. The predicted molar refractivity (Wildman–Crippen MR) is 245 cm³/mol. The lowest BCUT2D eigenvalue weighted by Gasteiger charge is -2.27. The van der Waals surface area contributed by atoms with Crippen molar-refractivity contribution in [2.75, 3.05) is 4.90 Å². The fourth-order valence-corrected chi connectivity index (χ4v) is 8.68. The van der Waals surface area contributed by atoms with E-state index in [-0.39, 0.29) is 0 Å². The van der Waals surface area contributed by atoms with Crippen LogP contribution in [0.5, 0.6) is 0 Å². The van der Waals surface area contributed by atoms with Crippen molar-refractivity contribution in [3.63, 3.8) is 0 Å². The summed E-state index contributed by atoms with van der Waals surface area (Å²) in [5.74, 6) is 0. The Hall–Kier alpha value is -7.68. The van der Waals surface area contributed by atoms with Gasteiger partial charge in [-0.25, -0.2) is 0 Å². The molecule has 2 heteroatoms. The van der Waals surface area contributed by atoms with E-state index in [9.17, 15) is 0 Å². The number of fused-ring (bicyclic) bond motifs is 5. The van der Waals surface area contributed by atoms with Crippen molar-refractivity contribution >= 4 is 60.5 Å². The van der Waals surface area contributed by atoms with Crippen LogP contribution in [0.25, 0.3) is 88.0 Å². The molecule has 0 aliphatic carbocycles. The van der Waals surface area contributed by atoms with Gasteiger partial charge in [0.1, 0.15) is 11.2 Å². The summed E-state index contributed by atoms with van der Waals surface area (Å²) >= 11 is 0. The zero-order valence-corrected chi connectivity index (χ0v) is 31.7. The lowest BCUT2D eigenvalue weighted by molar-refractivity contribution is 0.670. The second kappa shape index (κ2) is 14.1. The highest BCUT2D eigenvalue weighted by Gasteiger charge is 2.23. The Kier molecular flexibility index (Phi) is 8.19. The Morgan fingerprint density at radius 3 is 1.53 bits per heavy atom. The molecule has 58 heavy (non-hydrogen) atoms. The molecule has 0 spiro atoms. The maximum atomic E-state index is 6.88. The lowest BCUT2D eigenvalue weighted by atomic mass is 9.95. The van der Waals surface area contributed by atoms with E-state index in [0.717, 1.165) is 61.3 Å². The number of hydrogen-bond donors (Lipinski definition) is 0. The highest BCUT2D eigenvalue weighted by Crippen LogP contribution is 2.47. The molecule has 0 aliphatic rings. The standard InChI is InChI=1S/C56H37NO/c1-2-13-38(14-3-1)39-27-29-40(30-28-39)41-31-33-45(34-32-41)57(46-20-10-19-44(37-46)49-24-11-17-42-15-4-6-21-47(42)49)53-36-35-51(50-25-12-18-43-16-5-7-22-48(43)50)56-55(53)52-23-8-9-26-54(52)58-56/h1-37H. The molecule has 0 saturated heterocycles. The number of benzene rings is 10. The molecule has 0 unspecified atom stereocenters. The minimum absolute atomic E-state index is 0.866. The van der Waals surface area contributed by atoms with E-state index >= 15 is 0 Å². The topological polar surface area (TPSA) is 16.4 Å². The van der Waals surface area contributed by atoms with Crippen LogP contribution in [0.2, 0.25) is 0 Å². The Morgan fingerprint density at radius 2 is 0.828 bits per heavy atom. The number of nitrogens with zero attached hydrogens (tertiary/aromatic N) is 1. The normalized spacial score (nSPS) is 11.4. The summed E-state index contributed by atoms with van der Waals surface area (Å²) in [7, 11) is 0. The fraction of sp³-hybridized carbons (Fsp3) is 0. The van der Waals surface area contributed by atoms with Crippen LogP contribution in [0.1, 0.15) is 0 Å². The molecule has 1 aromatic heterocycles. The summed E-state index contributed by atoms with van der Waals surface area (Å²) in [6.07, 6.45) is 0. The molecule has 11 aromatic rings. The summed E-state index contributed by atoms with van der Waals surface area (Å²) in [6.45, 7) is 0. The van der Waals surface area contributed by atoms with Crippen molar-refractivity contribution in [1.29, 1.82) is 0 Å². The van der Waals surface area contributed by atoms with Gasteiger partial charge in [0, 0.05) is 22.3 Å². The maximum absolute atomic E-state index is 6.88. The molecule has 0 bridgehead atoms.